The fourth-order valence-corrected chi connectivity index (χ4v) is 3.76. The number of benzene rings is 1. The highest BCUT2D eigenvalue weighted by atomic mass is 16.7. The second-order valence-electron chi connectivity index (χ2n) is 9.28. The third-order valence-electron chi connectivity index (χ3n) is 5.74. The van der Waals surface area contributed by atoms with Crippen LogP contribution in [-0.2, 0) is 30.2 Å². The van der Waals surface area contributed by atoms with Gasteiger partial charge in [-0.3, -0.25) is 4.79 Å². The van der Waals surface area contributed by atoms with Crippen molar-refractivity contribution in [3.05, 3.63) is 29.8 Å². The highest BCUT2D eigenvalue weighted by Crippen LogP contribution is 2.22. The summed E-state index contributed by atoms with van der Waals surface area (Å²) in [5.74, 6) is -0.269. The average Bonchev–Trinajstić information content (AvgIpc) is 3.24. The first-order valence-electron chi connectivity index (χ1n) is 12.5. The molecule has 1 aromatic rings. The number of aliphatic hydroxyl groups excluding tert-OH is 1. The van der Waals surface area contributed by atoms with Gasteiger partial charge < -0.3 is 44.3 Å². The normalized spacial score (nSPS) is 20.1. The summed E-state index contributed by atoms with van der Waals surface area (Å²) in [6.07, 6.45) is -0.0863. The number of rotatable bonds is 13. The molecule has 3 rings (SSSR count). The molecule has 0 aromatic heterocycles. The van der Waals surface area contributed by atoms with E-state index in [0.29, 0.717) is 64.7 Å². The monoisotopic (exact) mass is 509 g/mol. The standard InChI is InChI=1S/C25H39N3O8/c1-25(2)35-18-22(36-25)17-34-23(30)8-5-19-3-6-21(7-4-19)33-16-20(29)15-26-9-10-27-24(31)28-11-13-32-14-12-28/h3-4,6-7,20,22,26,29H,5,8-18H2,1-2H3,(H,27,31)/t20-,22-/m1/s1. The summed E-state index contributed by atoms with van der Waals surface area (Å²) in [6.45, 7) is 8.13. The van der Waals surface area contributed by atoms with E-state index in [9.17, 15) is 14.7 Å². The van der Waals surface area contributed by atoms with E-state index in [1.807, 2.05) is 38.1 Å². The van der Waals surface area contributed by atoms with Crippen molar-refractivity contribution in [3.8, 4) is 5.75 Å². The number of morpholine rings is 1. The molecule has 0 radical (unpaired) electrons. The SMILES string of the molecule is CC1(C)OC[C@@H](COC(=O)CCc2ccc(OC[C@H](O)CNCCNC(=O)N3CCOCC3)cc2)O1. The van der Waals surface area contributed by atoms with E-state index in [4.69, 9.17) is 23.7 Å². The van der Waals surface area contributed by atoms with E-state index in [0.717, 1.165) is 5.56 Å². The molecule has 0 aliphatic carbocycles. The van der Waals surface area contributed by atoms with E-state index >= 15 is 0 Å². The van der Waals surface area contributed by atoms with Gasteiger partial charge in [-0.25, -0.2) is 4.79 Å². The molecule has 2 heterocycles. The fourth-order valence-electron chi connectivity index (χ4n) is 3.76. The zero-order valence-electron chi connectivity index (χ0n) is 21.2. The molecule has 2 atom stereocenters. The number of nitrogens with zero attached hydrogens (tertiary/aromatic N) is 1. The van der Waals surface area contributed by atoms with Crippen LogP contribution in [0, 0.1) is 0 Å². The predicted molar refractivity (Wildman–Crippen MR) is 131 cm³/mol. The van der Waals surface area contributed by atoms with Crippen LogP contribution < -0.4 is 15.4 Å². The summed E-state index contributed by atoms with van der Waals surface area (Å²) in [7, 11) is 0. The van der Waals surface area contributed by atoms with Crippen LogP contribution in [0.15, 0.2) is 24.3 Å². The second kappa shape index (κ2) is 14.3. The maximum Gasteiger partial charge on any atom is 0.317 e. The van der Waals surface area contributed by atoms with Crippen molar-refractivity contribution in [3.63, 3.8) is 0 Å². The third-order valence-corrected chi connectivity index (χ3v) is 5.74. The van der Waals surface area contributed by atoms with Crippen LogP contribution in [0.5, 0.6) is 5.75 Å². The van der Waals surface area contributed by atoms with Crippen LogP contribution in [0.3, 0.4) is 0 Å². The first-order valence-corrected chi connectivity index (χ1v) is 12.5. The molecule has 0 unspecified atom stereocenters. The summed E-state index contributed by atoms with van der Waals surface area (Å²) in [4.78, 5) is 25.7. The highest BCUT2D eigenvalue weighted by Gasteiger charge is 2.33. The highest BCUT2D eigenvalue weighted by molar-refractivity contribution is 5.74. The van der Waals surface area contributed by atoms with Crippen molar-refractivity contribution in [1.82, 2.24) is 15.5 Å². The summed E-state index contributed by atoms with van der Waals surface area (Å²) < 4.78 is 27.2. The molecular weight excluding hydrogens is 470 g/mol. The lowest BCUT2D eigenvalue weighted by Crippen LogP contribution is -2.47. The number of nitrogens with one attached hydrogen (secondary N) is 2. The average molecular weight is 510 g/mol. The summed E-state index contributed by atoms with van der Waals surface area (Å²) in [5.41, 5.74) is 0.988. The Morgan fingerprint density at radius 1 is 1.19 bits per heavy atom. The van der Waals surface area contributed by atoms with Crippen molar-refractivity contribution in [2.75, 3.05) is 65.8 Å². The molecule has 3 N–H and O–H groups in total. The van der Waals surface area contributed by atoms with Gasteiger partial charge >= 0.3 is 12.0 Å². The number of ether oxygens (including phenoxy) is 5. The maximum absolute atomic E-state index is 12.0. The number of aryl methyl sites for hydroxylation is 1. The van der Waals surface area contributed by atoms with E-state index in [-0.39, 0.29) is 37.7 Å². The molecule has 2 aliphatic heterocycles. The summed E-state index contributed by atoms with van der Waals surface area (Å²) >= 11 is 0. The van der Waals surface area contributed by atoms with Crippen LogP contribution >= 0.6 is 0 Å². The lowest BCUT2D eigenvalue weighted by Gasteiger charge is -2.27. The van der Waals surface area contributed by atoms with Crippen LogP contribution in [-0.4, -0.2) is 106 Å². The number of hydrogen-bond acceptors (Lipinski definition) is 9. The molecule has 0 saturated carbocycles. The van der Waals surface area contributed by atoms with Crippen molar-refractivity contribution in [2.24, 2.45) is 0 Å². The van der Waals surface area contributed by atoms with Gasteiger partial charge in [0.15, 0.2) is 5.79 Å². The smallest absolute Gasteiger partial charge is 0.317 e. The minimum absolute atomic E-state index is 0.0952. The molecule has 2 saturated heterocycles. The minimum atomic E-state index is -0.686. The van der Waals surface area contributed by atoms with Crippen LogP contribution in [0.2, 0.25) is 0 Å². The van der Waals surface area contributed by atoms with Crippen LogP contribution in [0.1, 0.15) is 25.8 Å². The number of esters is 1. The quantitative estimate of drug-likeness (QED) is 0.260. The lowest BCUT2D eigenvalue weighted by molar-refractivity contribution is -0.158. The topological polar surface area (TPSA) is 128 Å². The van der Waals surface area contributed by atoms with Crippen molar-refractivity contribution < 1.29 is 38.4 Å². The van der Waals surface area contributed by atoms with Gasteiger partial charge in [-0.15, -0.1) is 0 Å². The van der Waals surface area contributed by atoms with E-state index < -0.39 is 11.9 Å². The number of urea groups is 1. The predicted octanol–water partition coefficient (Wildman–Crippen LogP) is 0.685. The molecule has 2 aliphatic rings. The van der Waals surface area contributed by atoms with Gasteiger partial charge in [-0.2, -0.15) is 0 Å². The third kappa shape index (κ3) is 10.3. The van der Waals surface area contributed by atoms with Crippen molar-refractivity contribution in [1.29, 1.82) is 0 Å². The number of amides is 2. The Kier molecular flexibility index (Phi) is 11.2. The zero-order valence-corrected chi connectivity index (χ0v) is 21.2. The zero-order chi connectivity index (χ0) is 25.8. The Labute approximate surface area is 212 Å². The van der Waals surface area contributed by atoms with Crippen LogP contribution in [0.25, 0.3) is 0 Å². The summed E-state index contributed by atoms with van der Waals surface area (Å²) in [6, 6.07) is 7.31. The molecule has 0 bridgehead atoms. The van der Waals surface area contributed by atoms with Gasteiger partial charge in [0.05, 0.1) is 19.8 Å². The van der Waals surface area contributed by atoms with Gasteiger partial charge in [-0.05, 0) is 38.0 Å². The Bertz CT molecular complexity index is 814. The Morgan fingerprint density at radius 2 is 1.94 bits per heavy atom. The first kappa shape index (κ1) is 28.1. The maximum atomic E-state index is 12.0. The fraction of sp³-hybridized carbons (Fsp3) is 0.680. The summed E-state index contributed by atoms with van der Waals surface area (Å²) in [5, 5.41) is 16.1. The largest absolute Gasteiger partial charge is 0.491 e. The van der Waals surface area contributed by atoms with E-state index in [1.165, 1.54) is 0 Å². The number of aliphatic hydroxyl groups is 1. The second-order valence-corrected chi connectivity index (χ2v) is 9.28. The van der Waals surface area contributed by atoms with Gasteiger partial charge in [-0.1, -0.05) is 12.1 Å². The molecule has 11 heteroatoms. The van der Waals surface area contributed by atoms with Gasteiger partial charge in [0.1, 0.15) is 31.2 Å². The molecular formula is C25H39N3O8. The van der Waals surface area contributed by atoms with Crippen molar-refractivity contribution >= 4 is 12.0 Å². The number of carbonyl (C=O) groups excluding carboxylic acids is 2. The van der Waals surface area contributed by atoms with E-state index in [1.54, 1.807) is 4.90 Å². The Balaban J connectivity index is 1.21. The minimum Gasteiger partial charge on any atom is -0.491 e. The van der Waals surface area contributed by atoms with Gasteiger partial charge in [0.2, 0.25) is 0 Å². The Hall–Kier alpha value is -2.44. The van der Waals surface area contributed by atoms with Crippen molar-refractivity contribution in [2.45, 2.75) is 44.7 Å². The number of carbonyl (C=O) groups is 2. The molecule has 202 valence electrons. The molecule has 36 heavy (non-hydrogen) atoms. The Morgan fingerprint density at radius 3 is 2.64 bits per heavy atom. The molecule has 2 fully saturated rings. The molecule has 2 amide bonds. The number of hydrogen-bond donors (Lipinski definition) is 3. The van der Waals surface area contributed by atoms with Gasteiger partial charge in [0.25, 0.3) is 0 Å². The molecule has 11 nitrogen and oxygen atoms in total. The van der Waals surface area contributed by atoms with Crippen LogP contribution in [0.4, 0.5) is 4.79 Å². The molecule has 0 spiro atoms. The first-order chi connectivity index (χ1) is 17.3. The van der Waals surface area contributed by atoms with E-state index in [2.05, 4.69) is 10.6 Å². The van der Waals surface area contributed by atoms with Gasteiger partial charge in [0, 0.05) is 39.1 Å². The molecule has 1 aromatic carbocycles. The lowest BCUT2D eigenvalue weighted by atomic mass is 10.1.